The van der Waals surface area contributed by atoms with Crippen molar-refractivity contribution in [3.63, 3.8) is 0 Å². The second kappa shape index (κ2) is 21.2. The normalized spacial score (nSPS) is 17.0. The largest absolute Gasteiger partial charge is 0.508 e. The van der Waals surface area contributed by atoms with Crippen LogP contribution in [0.15, 0.2) is 83.3 Å². The van der Waals surface area contributed by atoms with Gasteiger partial charge in [-0.3, -0.25) is 28.7 Å². The second-order valence-electron chi connectivity index (χ2n) is 19.4. The van der Waals surface area contributed by atoms with Gasteiger partial charge in [-0.15, -0.1) is 32.9 Å². The number of fused-ring (bicyclic) bond motifs is 3. The van der Waals surface area contributed by atoms with Crippen LogP contribution in [0, 0.1) is 33.1 Å². The summed E-state index contributed by atoms with van der Waals surface area (Å²) in [6, 6.07) is 20.3. The molecule has 15 nitrogen and oxygen atoms in total. The number of benzene rings is 3. The Balaban J connectivity index is 0.829. The summed E-state index contributed by atoms with van der Waals surface area (Å²) in [6.07, 6.45) is 1.63. The van der Waals surface area contributed by atoms with Crippen molar-refractivity contribution in [1.82, 2.24) is 40.6 Å². The van der Waals surface area contributed by atoms with E-state index in [0.717, 1.165) is 84.4 Å². The third-order valence-corrected chi connectivity index (χ3v) is 15.2. The third-order valence-electron chi connectivity index (χ3n) is 13.0. The zero-order valence-electron chi connectivity index (χ0n) is 40.7. The summed E-state index contributed by atoms with van der Waals surface area (Å²) in [6.45, 7) is 14.4. The lowest BCUT2D eigenvalue weighted by Crippen LogP contribution is -2.58. The second-order valence-corrected chi connectivity index (χ2v) is 21.5. The van der Waals surface area contributed by atoms with Gasteiger partial charge in [-0.1, -0.05) is 69.3 Å². The molecule has 0 spiro atoms. The molecule has 6 aromatic rings. The molecule has 366 valence electrons. The van der Waals surface area contributed by atoms with Crippen molar-refractivity contribution in [3.05, 3.63) is 134 Å². The van der Waals surface area contributed by atoms with Crippen LogP contribution < -0.4 is 16.0 Å². The summed E-state index contributed by atoms with van der Waals surface area (Å²) in [5, 5.41) is 39.6. The Morgan fingerprint density at radius 1 is 0.871 bits per heavy atom. The number of hydrogen-bond donors (Lipinski definition) is 5. The number of aryl methyl sites for hydroxylation is 4. The zero-order chi connectivity index (χ0) is 49.9. The van der Waals surface area contributed by atoms with Crippen molar-refractivity contribution in [2.75, 3.05) is 13.1 Å². The minimum atomic E-state index is -0.943. The van der Waals surface area contributed by atoms with E-state index in [1.54, 1.807) is 34.8 Å². The van der Waals surface area contributed by atoms with Gasteiger partial charge in [0, 0.05) is 42.1 Å². The zero-order valence-corrected chi connectivity index (χ0v) is 42.3. The number of phenolic OH excluding ortho intramolecular Hbond substituents is 1. The van der Waals surface area contributed by atoms with E-state index >= 15 is 0 Å². The lowest BCUT2D eigenvalue weighted by Gasteiger charge is -2.35. The fourth-order valence-corrected chi connectivity index (χ4v) is 11.2. The molecule has 3 aromatic heterocycles. The van der Waals surface area contributed by atoms with Gasteiger partial charge in [-0.05, 0) is 104 Å². The maximum atomic E-state index is 14.2. The first-order valence-electron chi connectivity index (χ1n) is 23.7. The number of aliphatic hydroxyl groups excluding tert-OH is 1. The number of carbonyl (C=O) groups excluding carboxylic acids is 4. The van der Waals surface area contributed by atoms with Crippen LogP contribution in [0.3, 0.4) is 0 Å². The number of aromatic hydroxyl groups is 1. The number of aromatic nitrogens is 4. The minimum absolute atomic E-state index is 0.00825. The van der Waals surface area contributed by atoms with Crippen molar-refractivity contribution in [1.29, 1.82) is 0 Å². The molecular weight excluding hydrogens is 923 g/mol. The number of amides is 4. The number of thiazole rings is 1. The van der Waals surface area contributed by atoms with Gasteiger partial charge in [0.25, 0.3) is 0 Å². The molecular formula is C53H61N9O6S2. The monoisotopic (exact) mass is 983 g/mol. The van der Waals surface area contributed by atoms with Gasteiger partial charge in [0.2, 0.25) is 23.6 Å². The molecule has 70 heavy (non-hydrogen) atoms. The third kappa shape index (κ3) is 11.2. The SMILES string of the molecule is Cc1ncsc1-c1ccc(CNC(=O)[C@@H]2CC(O)CN2C(=O)C(NC(=O)Cc2cccc(CCCCNC(=O)CC3N=C(c4ccc(O)cc4)c4c(sc(C)c4C)-n4c(C)nnc43)c2)C(C)(C)C)cc1. The van der Waals surface area contributed by atoms with Crippen molar-refractivity contribution in [2.45, 2.75) is 118 Å². The Kier molecular flexibility index (Phi) is 15.1. The van der Waals surface area contributed by atoms with Crippen molar-refractivity contribution < 1.29 is 29.4 Å². The fourth-order valence-electron chi connectivity index (χ4n) is 9.15. The van der Waals surface area contributed by atoms with Crippen LogP contribution in [-0.2, 0) is 38.6 Å². The molecule has 4 atom stereocenters. The molecule has 3 unspecified atom stereocenters. The highest BCUT2D eigenvalue weighted by Crippen LogP contribution is 2.40. The van der Waals surface area contributed by atoms with Crippen molar-refractivity contribution >= 4 is 52.0 Å². The van der Waals surface area contributed by atoms with Gasteiger partial charge in [-0.25, -0.2) is 4.98 Å². The summed E-state index contributed by atoms with van der Waals surface area (Å²) in [5.74, 6) is 0.232. The fraction of sp³-hybridized carbons (Fsp3) is 0.396. The number of nitrogens with one attached hydrogen (secondary N) is 3. The van der Waals surface area contributed by atoms with E-state index in [2.05, 4.69) is 45.0 Å². The average molecular weight is 984 g/mol. The van der Waals surface area contributed by atoms with Gasteiger partial charge in [-0.2, -0.15) is 0 Å². The average Bonchev–Trinajstić information content (AvgIpc) is 4.09. The molecule has 5 heterocycles. The minimum Gasteiger partial charge on any atom is -0.508 e. The highest BCUT2D eigenvalue weighted by atomic mass is 32.1. The van der Waals surface area contributed by atoms with Gasteiger partial charge in [0.1, 0.15) is 34.7 Å². The Labute approximate surface area is 416 Å². The number of aliphatic hydroxyl groups is 1. The lowest BCUT2D eigenvalue weighted by atomic mass is 9.85. The first-order valence-corrected chi connectivity index (χ1v) is 25.4. The van der Waals surface area contributed by atoms with E-state index in [0.29, 0.717) is 18.2 Å². The molecule has 4 amide bonds. The summed E-state index contributed by atoms with van der Waals surface area (Å²) >= 11 is 3.22. The Bertz CT molecular complexity index is 2910. The van der Waals surface area contributed by atoms with Crippen LogP contribution in [0.25, 0.3) is 15.4 Å². The van der Waals surface area contributed by atoms with Gasteiger partial charge >= 0.3 is 0 Å². The highest BCUT2D eigenvalue weighted by Gasteiger charge is 2.44. The standard InChI is InChI=1S/C53H61N9O6S2/c1-30-32(3)70-52-45(30)46(37-18-20-39(63)21-19-37)57-41(49-60-59-33(4)62(49)52)26-43(65)54-22-9-8-11-34-12-10-13-36(23-34)24-44(66)58-48(53(5,6)7)51(68)61-28-40(64)25-42(61)50(67)55-27-35-14-16-38(17-15-35)47-31(2)56-29-69-47/h10,12-21,23,29,40-42,48,63-64H,8-9,11,22,24-28H2,1-7H3,(H,54,65)(H,55,67)(H,58,66)/t40?,41?,42-,48?/m0/s1. The Hall–Kier alpha value is -6.56. The van der Waals surface area contributed by atoms with Crippen molar-refractivity contribution in [2.24, 2.45) is 10.4 Å². The van der Waals surface area contributed by atoms with Crippen molar-refractivity contribution in [3.8, 4) is 21.2 Å². The maximum absolute atomic E-state index is 14.2. The molecule has 5 N–H and O–H groups in total. The molecule has 0 bridgehead atoms. The number of likely N-dealkylation sites (tertiary alicyclic amines) is 1. The summed E-state index contributed by atoms with van der Waals surface area (Å²) in [5.41, 5.74) is 9.54. The van der Waals surface area contributed by atoms with Crippen LogP contribution in [0.4, 0.5) is 0 Å². The molecule has 1 saturated heterocycles. The van der Waals surface area contributed by atoms with Gasteiger partial charge < -0.3 is 31.1 Å². The molecule has 17 heteroatoms. The molecule has 2 aliphatic heterocycles. The van der Waals surface area contributed by atoms with Crippen LogP contribution >= 0.6 is 22.7 Å². The predicted octanol–water partition coefficient (Wildman–Crippen LogP) is 7.16. The Morgan fingerprint density at radius 3 is 2.31 bits per heavy atom. The van der Waals surface area contributed by atoms with E-state index in [1.807, 2.05) is 105 Å². The molecule has 1 fully saturated rings. The maximum Gasteiger partial charge on any atom is 0.246 e. The lowest BCUT2D eigenvalue weighted by molar-refractivity contribution is -0.144. The van der Waals surface area contributed by atoms with Crippen LogP contribution in [0.5, 0.6) is 5.75 Å². The molecule has 2 aliphatic rings. The molecule has 8 rings (SSSR count). The highest BCUT2D eigenvalue weighted by molar-refractivity contribution is 7.15. The summed E-state index contributed by atoms with van der Waals surface area (Å²) in [7, 11) is 0. The van der Waals surface area contributed by atoms with E-state index in [-0.39, 0.29) is 55.8 Å². The summed E-state index contributed by atoms with van der Waals surface area (Å²) in [4.78, 5) is 68.1. The number of nitrogens with zero attached hydrogens (tertiary/aromatic N) is 6. The Morgan fingerprint density at radius 2 is 1.60 bits per heavy atom. The van der Waals surface area contributed by atoms with E-state index in [4.69, 9.17) is 4.99 Å². The first kappa shape index (κ1) is 49.8. The van der Waals surface area contributed by atoms with Gasteiger partial charge in [0.15, 0.2) is 5.82 Å². The van der Waals surface area contributed by atoms with E-state index in [1.165, 1.54) is 4.90 Å². The molecule has 3 aromatic carbocycles. The number of unbranched alkanes of at least 4 members (excludes halogenated alkanes) is 1. The van der Waals surface area contributed by atoms with E-state index < -0.39 is 35.6 Å². The number of rotatable bonds is 16. The molecule has 0 radical (unpaired) electrons. The van der Waals surface area contributed by atoms with Crippen LogP contribution in [0.2, 0.25) is 0 Å². The number of thiophene rings is 1. The smallest absolute Gasteiger partial charge is 0.246 e. The predicted molar refractivity (Wildman–Crippen MR) is 272 cm³/mol. The number of β-amino-alcohol motifs (C(OH)–C–C–N with tert-alkyl or cyclic N) is 1. The van der Waals surface area contributed by atoms with Crippen LogP contribution in [-0.4, -0.2) is 95.5 Å². The van der Waals surface area contributed by atoms with E-state index in [9.17, 15) is 29.4 Å². The molecule has 0 aliphatic carbocycles. The number of phenols is 1. The number of carbonyl (C=O) groups is 4. The number of hydrogen-bond acceptors (Lipinski definition) is 12. The number of aliphatic imine (C=N–C) groups is 1. The van der Waals surface area contributed by atoms with Crippen LogP contribution in [0.1, 0.15) is 108 Å². The molecule has 0 saturated carbocycles. The van der Waals surface area contributed by atoms with Gasteiger partial charge in [0.05, 0.1) is 40.7 Å². The topological polar surface area (TPSA) is 204 Å². The first-order chi connectivity index (χ1) is 33.4. The quantitative estimate of drug-likeness (QED) is 0.0624. The summed E-state index contributed by atoms with van der Waals surface area (Å²) < 4.78 is 2.02.